The summed E-state index contributed by atoms with van der Waals surface area (Å²) in [5.74, 6) is 1.02. The van der Waals surface area contributed by atoms with Crippen LogP contribution in [0.25, 0.3) is 0 Å². The van der Waals surface area contributed by atoms with Crippen LogP contribution in [0.1, 0.15) is 47.9 Å². The number of fused-ring (bicyclic) bond motifs is 1. The maximum atomic E-state index is 13.8. The van der Waals surface area contributed by atoms with Gasteiger partial charge in [-0.25, -0.2) is 4.98 Å². The Balaban J connectivity index is 1.55. The molecule has 1 aliphatic heterocycles. The number of pyridine rings is 1. The Morgan fingerprint density at radius 1 is 1.10 bits per heavy atom. The van der Waals surface area contributed by atoms with Gasteiger partial charge < -0.3 is 15.4 Å². The molecule has 7 heteroatoms. The Hall–Kier alpha value is -3.84. The summed E-state index contributed by atoms with van der Waals surface area (Å²) in [6.07, 6.45) is 4.92. The van der Waals surface area contributed by atoms with Crippen LogP contribution in [0.15, 0.2) is 88.7 Å². The van der Waals surface area contributed by atoms with Crippen LogP contribution >= 0.6 is 11.8 Å². The molecule has 2 aliphatic rings. The minimum Gasteiger partial charge on any atom is -0.496 e. The van der Waals surface area contributed by atoms with E-state index in [2.05, 4.69) is 58.9 Å². The molecule has 0 bridgehead atoms. The van der Waals surface area contributed by atoms with Crippen LogP contribution in [-0.2, 0) is 15.3 Å². The molecule has 2 aromatic carbocycles. The van der Waals surface area contributed by atoms with E-state index in [1.807, 2.05) is 38.1 Å². The Labute approximate surface area is 234 Å². The van der Waals surface area contributed by atoms with Gasteiger partial charge in [0.25, 0.3) is 5.91 Å². The van der Waals surface area contributed by atoms with E-state index in [4.69, 9.17) is 4.74 Å². The van der Waals surface area contributed by atoms with Gasteiger partial charge >= 0.3 is 0 Å². The standard InChI is InChI=1S/C32H33N3O3S/c1-19-10-13-24(14-11-19)39-18-23-17-22(12-15-27(23)38-4)29-28(32(37)35-31-20(2)7-6-16-33-31)21(3)34-25-8-5-9-26(36)30(25)29/h6-8,10-17,29-30,34H,5,9,18H2,1-4H3,(H,33,35,37). The molecule has 0 spiro atoms. The number of Topliss-reactive ketones (excluding diaryl/α,β-unsaturated/α-hetero) is 1. The monoisotopic (exact) mass is 539 g/mol. The van der Waals surface area contributed by atoms with Gasteiger partial charge in [-0.15, -0.1) is 11.8 Å². The second-order valence-electron chi connectivity index (χ2n) is 10.1. The van der Waals surface area contributed by atoms with E-state index in [0.717, 1.165) is 33.8 Å². The number of aryl methyl sites for hydroxylation is 2. The summed E-state index contributed by atoms with van der Waals surface area (Å²) in [6, 6.07) is 18.2. The van der Waals surface area contributed by atoms with Crippen LogP contribution in [0.4, 0.5) is 5.82 Å². The summed E-state index contributed by atoms with van der Waals surface area (Å²) in [6.45, 7) is 5.89. The zero-order valence-electron chi connectivity index (χ0n) is 22.7. The van der Waals surface area contributed by atoms with Gasteiger partial charge in [-0.1, -0.05) is 42.0 Å². The van der Waals surface area contributed by atoms with Gasteiger partial charge in [-0.2, -0.15) is 0 Å². The van der Waals surface area contributed by atoms with Crippen LogP contribution < -0.4 is 15.4 Å². The quantitative estimate of drug-likeness (QED) is 0.335. The fraction of sp³-hybridized carbons (Fsp3) is 0.281. The maximum absolute atomic E-state index is 13.8. The van der Waals surface area contributed by atoms with Crippen LogP contribution in [-0.4, -0.2) is 23.8 Å². The van der Waals surface area contributed by atoms with Crippen LogP contribution in [0.2, 0.25) is 0 Å². The summed E-state index contributed by atoms with van der Waals surface area (Å²) in [5, 5.41) is 6.38. The van der Waals surface area contributed by atoms with Gasteiger partial charge in [0.2, 0.25) is 0 Å². The van der Waals surface area contributed by atoms with Crippen molar-refractivity contribution in [2.75, 3.05) is 12.4 Å². The molecule has 39 heavy (non-hydrogen) atoms. The molecule has 2 N–H and O–H groups in total. The van der Waals surface area contributed by atoms with Gasteiger partial charge in [0.05, 0.1) is 13.0 Å². The van der Waals surface area contributed by atoms with Gasteiger partial charge in [-0.3, -0.25) is 9.59 Å². The lowest BCUT2D eigenvalue weighted by Crippen LogP contribution is -2.41. The highest BCUT2D eigenvalue weighted by molar-refractivity contribution is 7.98. The topological polar surface area (TPSA) is 80.3 Å². The fourth-order valence-corrected chi connectivity index (χ4v) is 6.24. The van der Waals surface area contributed by atoms with Gasteiger partial charge in [-0.05, 0) is 62.6 Å². The van der Waals surface area contributed by atoms with Crippen molar-refractivity contribution < 1.29 is 14.3 Å². The van der Waals surface area contributed by atoms with Crippen LogP contribution in [0.5, 0.6) is 5.75 Å². The zero-order chi connectivity index (χ0) is 27.5. The lowest BCUT2D eigenvalue weighted by Gasteiger charge is -2.38. The second kappa shape index (κ2) is 11.5. The number of amides is 1. The molecule has 1 amide bonds. The van der Waals surface area contributed by atoms with E-state index in [9.17, 15) is 9.59 Å². The van der Waals surface area contributed by atoms with Gasteiger partial charge in [0, 0.05) is 51.7 Å². The Morgan fingerprint density at radius 3 is 2.64 bits per heavy atom. The number of benzene rings is 2. The number of carbonyl (C=O) groups excluding carboxylic acids is 2. The van der Waals surface area contributed by atoms with Crippen molar-refractivity contribution in [1.29, 1.82) is 0 Å². The molecule has 5 rings (SSSR count). The number of ketones is 1. The number of allylic oxidation sites excluding steroid dienone is 3. The predicted molar refractivity (Wildman–Crippen MR) is 156 cm³/mol. The number of aromatic nitrogens is 1. The first-order valence-electron chi connectivity index (χ1n) is 13.2. The molecule has 6 nitrogen and oxygen atoms in total. The van der Waals surface area contributed by atoms with E-state index < -0.39 is 11.8 Å². The van der Waals surface area contributed by atoms with Crippen molar-refractivity contribution in [1.82, 2.24) is 10.3 Å². The smallest absolute Gasteiger partial charge is 0.255 e. The summed E-state index contributed by atoms with van der Waals surface area (Å²) < 4.78 is 5.71. The first kappa shape index (κ1) is 26.8. The Kier molecular flexibility index (Phi) is 7.89. The molecule has 0 radical (unpaired) electrons. The minimum atomic E-state index is -0.445. The van der Waals surface area contributed by atoms with Crippen LogP contribution in [0.3, 0.4) is 0 Å². The van der Waals surface area contributed by atoms with E-state index in [1.54, 1.807) is 25.1 Å². The molecule has 0 fully saturated rings. The highest BCUT2D eigenvalue weighted by atomic mass is 32.2. The average molecular weight is 540 g/mol. The Morgan fingerprint density at radius 2 is 1.90 bits per heavy atom. The van der Waals surface area contributed by atoms with Crippen molar-refractivity contribution in [3.05, 3.63) is 106 Å². The minimum absolute atomic E-state index is 0.142. The average Bonchev–Trinajstić information content (AvgIpc) is 2.93. The summed E-state index contributed by atoms with van der Waals surface area (Å²) >= 11 is 1.73. The van der Waals surface area contributed by atoms with E-state index in [-0.39, 0.29) is 11.7 Å². The van der Waals surface area contributed by atoms with E-state index >= 15 is 0 Å². The van der Waals surface area contributed by atoms with Gasteiger partial charge in [0.15, 0.2) is 0 Å². The van der Waals surface area contributed by atoms with Crippen molar-refractivity contribution in [3.8, 4) is 5.75 Å². The molecule has 200 valence electrons. The number of nitrogens with zero attached hydrogens (tertiary/aromatic N) is 1. The van der Waals surface area contributed by atoms with Gasteiger partial charge in [0.1, 0.15) is 17.4 Å². The lowest BCUT2D eigenvalue weighted by atomic mass is 9.70. The van der Waals surface area contributed by atoms with Crippen molar-refractivity contribution in [3.63, 3.8) is 0 Å². The number of thioether (sulfide) groups is 1. The van der Waals surface area contributed by atoms with Crippen LogP contribution in [0, 0.1) is 19.8 Å². The molecular weight excluding hydrogens is 506 g/mol. The fourth-order valence-electron chi connectivity index (χ4n) is 5.37. The lowest BCUT2D eigenvalue weighted by molar-refractivity contribution is -0.122. The predicted octanol–water partition coefficient (Wildman–Crippen LogP) is 6.46. The maximum Gasteiger partial charge on any atom is 0.255 e. The highest BCUT2D eigenvalue weighted by Gasteiger charge is 2.43. The molecule has 3 aromatic rings. The summed E-state index contributed by atoms with van der Waals surface area (Å²) in [4.78, 5) is 32.7. The number of hydrogen-bond acceptors (Lipinski definition) is 6. The number of nitrogens with one attached hydrogen (secondary N) is 2. The number of hydrogen-bond donors (Lipinski definition) is 2. The van der Waals surface area contributed by atoms with E-state index in [1.165, 1.54) is 10.5 Å². The molecule has 0 saturated heterocycles. The Bertz CT molecular complexity index is 1480. The zero-order valence-corrected chi connectivity index (χ0v) is 23.5. The first-order chi connectivity index (χ1) is 18.9. The van der Waals surface area contributed by atoms with E-state index in [0.29, 0.717) is 30.0 Å². The largest absolute Gasteiger partial charge is 0.496 e. The third-order valence-corrected chi connectivity index (χ3v) is 8.44. The SMILES string of the molecule is COc1ccc(C2C(C(=O)Nc3ncccc3C)=C(C)NC3=CCCC(=O)C32)cc1CSc1ccc(C)cc1. The second-order valence-corrected chi connectivity index (χ2v) is 11.1. The highest BCUT2D eigenvalue weighted by Crippen LogP contribution is 2.45. The number of anilines is 1. The third-order valence-electron chi connectivity index (χ3n) is 7.38. The van der Waals surface area contributed by atoms with Crippen molar-refractivity contribution in [2.24, 2.45) is 5.92 Å². The molecular formula is C32H33N3O3S. The number of carbonyl (C=O) groups is 2. The first-order valence-corrected chi connectivity index (χ1v) is 14.1. The molecule has 2 unspecified atom stereocenters. The summed E-state index contributed by atoms with van der Waals surface area (Å²) in [5.41, 5.74) is 6.22. The molecule has 1 aliphatic carbocycles. The number of ether oxygens (including phenoxy) is 1. The molecule has 2 heterocycles. The third kappa shape index (κ3) is 5.64. The normalized spacial score (nSPS) is 18.7. The molecule has 0 saturated carbocycles. The molecule has 1 aromatic heterocycles. The van der Waals surface area contributed by atoms with Crippen molar-refractivity contribution in [2.45, 2.75) is 50.2 Å². The summed E-state index contributed by atoms with van der Waals surface area (Å²) in [7, 11) is 1.67. The molecule has 2 atom stereocenters. The number of methoxy groups -OCH3 is 1. The number of rotatable bonds is 7. The van der Waals surface area contributed by atoms with Crippen molar-refractivity contribution >= 4 is 29.3 Å².